The Labute approximate surface area is 185 Å². The summed E-state index contributed by atoms with van der Waals surface area (Å²) < 4.78 is 18.9. The summed E-state index contributed by atoms with van der Waals surface area (Å²) in [5.41, 5.74) is 7.03. The number of hydrogen-bond donors (Lipinski definition) is 2. The molecule has 1 aliphatic rings. The summed E-state index contributed by atoms with van der Waals surface area (Å²) in [5, 5.41) is 2.30. The van der Waals surface area contributed by atoms with Crippen molar-refractivity contribution in [3.8, 4) is 11.8 Å². The zero-order valence-electron chi connectivity index (χ0n) is 18.1. The summed E-state index contributed by atoms with van der Waals surface area (Å²) in [4.78, 5) is 36.4. The normalized spacial score (nSPS) is 16.1. The molecule has 1 aromatic heterocycles. The molecule has 0 spiro atoms. The van der Waals surface area contributed by atoms with E-state index in [0.29, 0.717) is 57.0 Å². The highest BCUT2D eigenvalue weighted by Crippen LogP contribution is 2.23. The van der Waals surface area contributed by atoms with Gasteiger partial charge in [-0.1, -0.05) is 11.8 Å². The SMILES string of the molecule is Cn1c(=O)n(C2CCC(=O)NC2=O)c2ccc(C#CCOCCOCCOCCN)cc21. The van der Waals surface area contributed by atoms with Crippen LogP contribution in [0, 0.1) is 11.8 Å². The Balaban J connectivity index is 1.57. The summed E-state index contributed by atoms with van der Waals surface area (Å²) in [7, 11) is 1.65. The van der Waals surface area contributed by atoms with Crippen molar-refractivity contribution in [3.05, 3.63) is 34.2 Å². The van der Waals surface area contributed by atoms with Gasteiger partial charge in [0.2, 0.25) is 11.8 Å². The minimum Gasteiger partial charge on any atom is -0.378 e. The van der Waals surface area contributed by atoms with Crippen molar-refractivity contribution in [2.75, 3.05) is 46.2 Å². The highest BCUT2D eigenvalue weighted by atomic mass is 16.5. The molecule has 2 aromatic rings. The maximum absolute atomic E-state index is 12.8. The number of rotatable bonds is 10. The predicted molar refractivity (Wildman–Crippen MR) is 117 cm³/mol. The lowest BCUT2D eigenvalue weighted by Gasteiger charge is -2.21. The standard InChI is InChI=1S/C22H28N4O6/c1-25-19-15-16(3-2-9-30-11-13-32-14-12-31-10-8-23)4-5-17(19)26(22(25)29)18-6-7-20(27)24-21(18)28/h4-5,15,18H,6-14,23H2,1H3,(H,24,27,28). The third-order valence-corrected chi connectivity index (χ3v) is 5.02. The molecule has 1 aromatic carbocycles. The quantitative estimate of drug-likeness (QED) is 0.292. The number of amides is 2. The summed E-state index contributed by atoms with van der Waals surface area (Å²) >= 11 is 0. The average molecular weight is 444 g/mol. The highest BCUT2D eigenvalue weighted by molar-refractivity contribution is 6.00. The molecular weight excluding hydrogens is 416 g/mol. The summed E-state index contributed by atoms with van der Waals surface area (Å²) in [6.45, 7) is 3.15. The number of nitrogens with one attached hydrogen (secondary N) is 1. The number of benzene rings is 1. The van der Waals surface area contributed by atoms with Crippen LogP contribution in [0.4, 0.5) is 0 Å². The second kappa shape index (κ2) is 11.6. The van der Waals surface area contributed by atoms with Gasteiger partial charge in [0.1, 0.15) is 12.6 Å². The van der Waals surface area contributed by atoms with Crippen LogP contribution in [0.15, 0.2) is 23.0 Å². The monoisotopic (exact) mass is 444 g/mol. The lowest BCUT2D eigenvalue weighted by atomic mass is 10.1. The van der Waals surface area contributed by atoms with Gasteiger partial charge in [0.05, 0.1) is 44.1 Å². The van der Waals surface area contributed by atoms with Crippen molar-refractivity contribution in [2.45, 2.75) is 18.9 Å². The van der Waals surface area contributed by atoms with Crippen molar-refractivity contribution in [1.29, 1.82) is 0 Å². The Kier molecular flexibility index (Phi) is 8.58. The van der Waals surface area contributed by atoms with Gasteiger partial charge >= 0.3 is 5.69 Å². The third-order valence-electron chi connectivity index (χ3n) is 5.02. The second-order valence-corrected chi connectivity index (χ2v) is 7.25. The van der Waals surface area contributed by atoms with Crippen molar-refractivity contribution >= 4 is 22.8 Å². The number of ether oxygens (including phenoxy) is 3. The van der Waals surface area contributed by atoms with E-state index < -0.39 is 11.9 Å². The molecule has 3 N–H and O–H groups in total. The van der Waals surface area contributed by atoms with Gasteiger partial charge in [-0.15, -0.1) is 0 Å². The molecule has 2 amide bonds. The fourth-order valence-corrected chi connectivity index (χ4v) is 3.46. The summed E-state index contributed by atoms with van der Waals surface area (Å²) in [5.74, 6) is 5.18. The molecule has 0 radical (unpaired) electrons. The number of hydrogen-bond acceptors (Lipinski definition) is 7. The molecule has 1 saturated heterocycles. The van der Waals surface area contributed by atoms with Crippen LogP contribution in [0.3, 0.4) is 0 Å². The number of carbonyl (C=O) groups is 2. The lowest BCUT2D eigenvalue weighted by Crippen LogP contribution is -2.44. The Morgan fingerprint density at radius 3 is 2.50 bits per heavy atom. The van der Waals surface area contributed by atoms with Gasteiger partial charge in [-0.3, -0.25) is 24.0 Å². The smallest absolute Gasteiger partial charge is 0.329 e. The molecule has 10 nitrogen and oxygen atoms in total. The van der Waals surface area contributed by atoms with Crippen molar-refractivity contribution in [2.24, 2.45) is 12.8 Å². The van der Waals surface area contributed by atoms with Gasteiger partial charge in [0.15, 0.2) is 0 Å². The van der Waals surface area contributed by atoms with Gasteiger partial charge in [-0.05, 0) is 24.6 Å². The van der Waals surface area contributed by atoms with Gasteiger partial charge < -0.3 is 19.9 Å². The van der Waals surface area contributed by atoms with Gasteiger partial charge in [-0.25, -0.2) is 4.79 Å². The van der Waals surface area contributed by atoms with Crippen LogP contribution in [0.1, 0.15) is 24.4 Å². The van der Waals surface area contributed by atoms with Crippen LogP contribution in [-0.4, -0.2) is 67.1 Å². The maximum atomic E-state index is 12.8. The molecule has 0 saturated carbocycles. The number of fused-ring (bicyclic) bond motifs is 1. The van der Waals surface area contributed by atoms with Crippen LogP contribution >= 0.6 is 0 Å². The number of nitrogens with zero attached hydrogens (tertiary/aromatic N) is 2. The van der Waals surface area contributed by atoms with E-state index >= 15 is 0 Å². The number of nitrogens with two attached hydrogens (primary N) is 1. The van der Waals surface area contributed by atoms with Gasteiger partial charge in [0.25, 0.3) is 0 Å². The number of aromatic nitrogens is 2. The fourth-order valence-electron chi connectivity index (χ4n) is 3.46. The minimum atomic E-state index is -0.705. The Morgan fingerprint density at radius 1 is 1.06 bits per heavy atom. The van der Waals surface area contributed by atoms with E-state index in [0.717, 1.165) is 5.56 Å². The molecule has 2 heterocycles. The van der Waals surface area contributed by atoms with E-state index in [9.17, 15) is 14.4 Å². The average Bonchev–Trinajstić information content (AvgIpc) is 3.02. The first kappa shape index (κ1) is 23.7. The van der Waals surface area contributed by atoms with E-state index in [2.05, 4.69) is 17.2 Å². The third kappa shape index (κ3) is 5.83. The first-order chi connectivity index (χ1) is 15.5. The molecule has 32 heavy (non-hydrogen) atoms. The molecule has 1 aliphatic heterocycles. The second-order valence-electron chi connectivity index (χ2n) is 7.25. The molecule has 1 unspecified atom stereocenters. The van der Waals surface area contributed by atoms with E-state index in [1.807, 2.05) is 0 Å². The van der Waals surface area contributed by atoms with Crippen molar-refractivity contribution < 1.29 is 23.8 Å². The molecule has 1 atom stereocenters. The van der Waals surface area contributed by atoms with E-state index in [1.54, 1.807) is 25.2 Å². The molecule has 3 rings (SSSR count). The predicted octanol–water partition coefficient (Wildman–Crippen LogP) is -0.322. The van der Waals surface area contributed by atoms with E-state index in [1.165, 1.54) is 9.13 Å². The molecular formula is C22H28N4O6. The summed E-state index contributed by atoms with van der Waals surface area (Å²) in [6, 6.07) is 4.66. The number of imidazole rings is 1. The Hall–Kier alpha value is -2.97. The van der Waals surface area contributed by atoms with Crippen LogP contribution in [0.5, 0.6) is 0 Å². The van der Waals surface area contributed by atoms with Gasteiger partial charge in [-0.2, -0.15) is 0 Å². The summed E-state index contributed by atoms with van der Waals surface area (Å²) in [6.07, 6.45) is 0.503. The van der Waals surface area contributed by atoms with Crippen LogP contribution in [0.2, 0.25) is 0 Å². The van der Waals surface area contributed by atoms with Crippen LogP contribution in [-0.2, 0) is 30.8 Å². The molecule has 0 bridgehead atoms. The number of carbonyl (C=O) groups excluding carboxylic acids is 2. The first-order valence-electron chi connectivity index (χ1n) is 10.5. The van der Waals surface area contributed by atoms with Crippen LogP contribution < -0.4 is 16.7 Å². The number of imide groups is 1. The number of aryl methyl sites for hydroxylation is 1. The molecule has 10 heteroatoms. The minimum absolute atomic E-state index is 0.204. The fraction of sp³-hybridized carbons (Fsp3) is 0.500. The highest BCUT2D eigenvalue weighted by Gasteiger charge is 2.31. The van der Waals surface area contributed by atoms with E-state index in [4.69, 9.17) is 19.9 Å². The Morgan fingerprint density at radius 2 is 1.78 bits per heavy atom. The van der Waals surface area contributed by atoms with Gasteiger partial charge in [0, 0.05) is 25.6 Å². The lowest BCUT2D eigenvalue weighted by molar-refractivity contribution is -0.135. The zero-order chi connectivity index (χ0) is 22.9. The molecule has 1 fully saturated rings. The number of piperidine rings is 1. The zero-order valence-corrected chi connectivity index (χ0v) is 18.1. The Bertz CT molecular complexity index is 1080. The maximum Gasteiger partial charge on any atom is 0.329 e. The largest absolute Gasteiger partial charge is 0.378 e. The topological polar surface area (TPSA) is 127 Å². The first-order valence-corrected chi connectivity index (χ1v) is 10.5. The van der Waals surface area contributed by atoms with Crippen molar-refractivity contribution in [3.63, 3.8) is 0 Å². The molecule has 0 aliphatic carbocycles. The van der Waals surface area contributed by atoms with Crippen LogP contribution in [0.25, 0.3) is 11.0 Å². The van der Waals surface area contributed by atoms with Crippen molar-refractivity contribution in [1.82, 2.24) is 14.5 Å². The van der Waals surface area contributed by atoms with E-state index in [-0.39, 0.29) is 24.6 Å². The molecule has 172 valence electrons.